The van der Waals surface area contributed by atoms with Gasteiger partial charge >= 0.3 is 0 Å². The normalized spacial score (nSPS) is 11.2. The van der Waals surface area contributed by atoms with Gasteiger partial charge in [-0.15, -0.1) is 16.4 Å². The van der Waals surface area contributed by atoms with Gasteiger partial charge in [-0.3, -0.25) is 9.36 Å². The maximum absolute atomic E-state index is 12.9. The smallest absolute Gasteiger partial charge is 0.275 e. The molecule has 0 saturated heterocycles. The Kier molecular flexibility index (Phi) is 3.50. The standard InChI is InChI=1S/C17H15N5OS/c1-3-18-16-13-12(8-20-21-16)24-15-14(13)19-9-22(17(15)23)11-6-4-10(2)5-7-11/h4-9H,3H2,1-2H3,(H,18,21). The highest BCUT2D eigenvalue weighted by Crippen LogP contribution is 2.33. The van der Waals surface area contributed by atoms with Crippen LogP contribution in [0.25, 0.3) is 26.0 Å². The summed E-state index contributed by atoms with van der Waals surface area (Å²) in [6.45, 7) is 4.74. The van der Waals surface area contributed by atoms with Crippen molar-refractivity contribution < 1.29 is 0 Å². The number of nitrogens with one attached hydrogen (secondary N) is 1. The Bertz CT molecular complexity index is 1100. The van der Waals surface area contributed by atoms with Gasteiger partial charge in [0.2, 0.25) is 0 Å². The molecule has 0 fully saturated rings. The van der Waals surface area contributed by atoms with Crippen LogP contribution >= 0.6 is 11.3 Å². The predicted octanol–water partition coefficient (Wildman–Crippen LogP) is 3.13. The van der Waals surface area contributed by atoms with Crippen LogP contribution in [-0.4, -0.2) is 26.3 Å². The fourth-order valence-corrected chi connectivity index (χ4v) is 3.73. The second-order valence-corrected chi connectivity index (χ2v) is 6.55. The molecule has 0 aliphatic rings. The average molecular weight is 337 g/mol. The molecule has 0 atom stereocenters. The first-order valence-electron chi connectivity index (χ1n) is 7.65. The van der Waals surface area contributed by atoms with Crippen LogP contribution in [0, 0.1) is 6.92 Å². The van der Waals surface area contributed by atoms with E-state index >= 15 is 0 Å². The van der Waals surface area contributed by atoms with Gasteiger partial charge in [0.1, 0.15) is 16.5 Å². The summed E-state index contributed by atoms with van der Waals surface area (Å²) < 4.78 is 3.09. The topological polar surface area (TPSA) is 72.7 Å². The molecule has 4 rings (SSSR count). The van der Waals surface area contributed by atoms with E-state index in [9.17, 15) is 4.79 Å². The van der Waals surface area contributed by atoms with E-state index in [0.29, 0.717) is 16.0 Å². The van der Waals surface area contributed by atoms with Crippen LogP contribution < -0.4 is 10.9 Å². The highest BCUT2D eigenvalue weighted by molar-refractivity contribution is 7.25. The van der Waals surface area contributed by atoms with Crippen molar-refractivity contribution in [2.45, 2.75) is 13.8 Å². The Hall–Kier alpha value is -2.80. The highest BCUT2D eigenvalue weighted by Gasteiger charge is 2.16. The third kappa shape index (κ3) is 2.25. The van der Waals surface area contributed by atoms with E-state index in [-0.39, 0.29) is 5.56 Å². The van der Waals surface area contributed by atoms with E-state index in [2.05, 4.69) is 20.5 Å². The van der Waals surface area contributed by atoms with Crippen molar-refractivity contribution in [3.63, 3.8) is 0 Å². The van der Waals surface area contributed by atoms with Gasteiger partial charge in [-0.05, 0) is 26.0 Å². The Morgan fingerprint density at radius 3 is 2.79 bits per heavy atom. The molecule has 0 amide bonds. The molecule has 4 aromatic rings. The lowest BCUT2D eigenvalue weighted by atomic mass is 10.2. The molecule has 0 aliphatic carbocycles. The SMILES string of the molecule is CCNc1nncc2sc3c(=O)n(-c4ccc(C)cc4)cnc3c12. The predicted molar refractivity (Wildman–Crippen MR) is 97.2 cm³/mol. The molecular weight excluding hydrogens is 322 g/mol. The molecule has 24 heavy (non-hydrogen) atoms. The lowest BCUT2D eigenvalue weighted by Gasteiger charge is -2.06. The summed E-state index contributed by atoms with van der Waals surface area (Å²) in [6, 6.07) is 7.80. The molecule has 3 heterocycles. The molecule has 0 aliphatic heterocycles. The van der Waals surface area contributed by atoms with Crippen molar-refractivity contribution in [1.29, 1.82) is 0 Å². The summed E-state index contributed by atoms with van der Waals surface area (Å²) in [5.74, 6) is 0.668. The number of anilines is 1. The van der Waals surface area contributed by atoms with E-state index in [1.807, 2.05) is 38.1 Å². The van der Waals surface area contributed by atoms with E-state index < -0.39 is 0 Å². The van der Waals surface area contributed by atoms with Gasteiger partial charge in [0.05, 0.1) is 22.0 Å². The third-order valence-corrected chi connectivity index (χ3v) is 4.95. The highest BCUT2D eigenvalue weighted by atomic mass is 32.1. The van der Waals surface area contributed by atoms with E-state index in [1.54, 1.807) is 17.1 Å². The molecule has 0 bridgehead atoms. The molecule has 0 spiro atoms. The van der Waals surface area contributed by atoms with Crippen molar-refractivity contribution in [3.8, 4) is 5.69 Å². The molecule has 120 valence electrons. The molecule has 0 unspecified atom stereocenters. The number of nitrogens with zero attached hydrogens (tertiary/aromatic N) is 4. The van der Waals surface area contributed by atoms with Crippen LogP contribution in [0.5, 0.6) is 0 Å². The van der Waals surface area contributed by atoms with Crippen LogP contribution in [0.15, 0.2) is 41.6 Å². The van der Waals surface area contributed by atoms with Crippen LogP contribution in [-0.2, 0) is 0 Å². The Labute approximate surface area is 141 Å². The number of thiophene rings is 1. The summed E-state index contributed by atoms with van der Waals surface area (Å²) in [7, 11) is 0. The number of rotatable bonds is 3. The fourth-order valence-electron chi connectivity index (χ4n) is 2.67. The molecule has 1 aromatic carbocycles. The Morgan fingerprint density at radius 2 is 2.04 bits per heavy atom. The number of benzene rings is 1. The van der Waals surface area contributed by atoms with Gasteiger partial charge in [-0.2, -0.15) is 5.10 Å². The minimum absolute atomic E-state index is 0.0764. The molecule has 3 aromatic heterocycles. The number of aromatic nitrogens is 4. The van der Waals surface area contributed by atoms with Crippen molar-refractivity contribution in [1.82, 2.24) is 19.7 Å². The molecule has 0 saturated carbocycles. The van der Waals surface area contributed by atoms with Crippen LogP contribution in [0.3, 0.4) is 0 Å². The first-order chi connectivity index (χ1) is 11.7. The minimum atomic E-state index is -0.0764. The van der Waals surface area contributed by atoms with E-state index in [1.165, 1.54) is 11.3 Å². The molecule has 0 radical (unpaired) electrons. The number of aryl methyl sites for hydroxylation is 1. The van der Waals surface area contributed by atoms with Crippen LogP contribution in [0.4, 0.5) is 5.82 Å². The Morgan fingerprint density at radius 1 is 1.25 bits per heavy atom. The van der Waals surface area contributed by atoms with E-state index in [4.69, 9.17) is 0 Å². The van der Waals surface area contributed by atoms with Gasteiger partial charge in [0, 0.05) is 6.54 Å². The minimum Gasteiger partial charge on any atom is -0.368 e. The van der Waals surface area contributed by atoms with E-state index in [0.717, 1.165) is 27.9 Å². The maximum Gasteiger partial charge on any atom is 0.275 e. The molecule has 7 heteroatoms. The van der Waals surface area contributed by atoms with Gasteiger partial charge in [0.25, 0.3) is 5.56 Å². The monoisotopic (exact) mass is 337 g/mol. The molecular formula is C17H15N5OS. The largest absolute Gasteiger partial charge is 0.368 e. The third-order valence-electron chi connectivity index (χ3n) is 3.85. The quantitative estimate of drug-likeness (QED) is 0.622. The molecule has 1 N–H and O–H groups in total. The first kappa shape index (κ1) is 14.8. The summed E-state index contributed by atoms with van der Waals surface area (Å²) in [6.07, 6.45) is 3.26. The van der Waals surface area contributed by atoms with Crippen LogP contribution in [0.2, 0.25) is 0 Å². The summed E-state index contributed by atoms with van der Waals surface area (Å²) in [5, 5.41) is 12.2. The summed E-state index contributed by atoms with van der Waals surface area (Å²) in [5.41, 5.74) is 2.55. The van der Waals surface area contributed by atoms with Crippen LogP contribution in [0.1, 0.15) is 12.5 Å². The van der Waals surface area contributed by atoms with Gasteiger partial charge in [-0.25, -0.2) is 4.98 Å². The first-order valence-corrected chi connectivity index (χ1v) is 8.47. The van der Waals surface area contributed by atoms with Crippen molar-refractivity contribution in [3.05, 3.63) is 52.7 Å². The lowest BCUT2D eigenvalue weighted by Crippen LogP contribution is -2.17. The number of hydrogen-bond donors (Lipinski definition) is 1. The maximum atomic E-state index is 12.9. The van der Waals surface area contributed by atoms with Crippen molar-refractivity contribution in [2.75, 3.05) is 11.9 Å². The second kappa shape index (κ2) is 5.68. The zero-order valence-corrected chi connectivity index (χ0v) is 14.1. The van der Waals surface area contributed by atoms with Crippen molar-refractivity contribution >= 4 is 37.5 Å². The zero-order chi connectivity index (χ0) is 16.7. The average Bonchev–Trinajstić information content (AvgIpc) is 2.97. The fraction of sp³-hybridized carbons (Fsp3) is 0.176. The second-order valence-electron chi connectivity index (χ2n) is 5.50. The lowest BCUT2D eigenvalue weighted by molar-refractivity contribution is 0.966. The van der Waals surface area contributed by atoms with Gasteiger partial charge in [-0.1, -0.05) is 17.7 Å². The Balaban J connectivity index is 2.00. The zero-order valence-electron chi connectivity index (χ0n) is 13.3. The van der Waals surface area contributed by atoms with Gasteiger partial charge in [0.15, 0.2) is 5.82 Å². The summed E-state index contributed by atoms with van der Waals surface area (Å²) in [4.78, 5) is 17.5. The molecule has 6 nitrogen and oxygen atoms in total. The van der Waals surface area contributed by atoms with Crippen molar-refractivity contribution in [2.24, 2.45) is 0 Å². The number of fused-ring (bicyclic) bond motifs is 3. The van der Waals surface area contributed by atoms with Gasteiger partial charge < -0.3 is 5.32 Å². The number of hydrogen-bond acceptors (Lipinski definition) is 6. The summed E-state index contributed by atoms with van der Waals surface area (Å²) >= 11 is 1.40.